The molecular weight excluding hydrogens is 249 g/mol. The van der Waals surface area contributed by atoms with Gasteiger partial charge in [0.1, 0.15) is 6.04 Å². The molecule has 0 aromatic carbocycles. The molecule has 0 saturated heterocycles. The van der Waals surface area contributed by atoms with Gasteiger partial charge in [-0.25, -0.2) is 9.59 Å². The van der Waals surface area contributed by atoms with Crippen LogP contribution >= 0.6 is 0 Å². The molecule has 0 spiro atoms. The predicted octanol–water partition coefficient (Wildman–Crippen LogP) is -6.46. The van der Waals surface area contributed by atoms with Crippen molar-refractivity contribution >= 4 is 23.9 Å². The molecule has 90 valence electrons. The van der Waals surface area contributed by atoms with Crippen LogP contribution in [0.1, 0.15) is 6.42 Å². The number of aliphatic carboxylic acids is 3. The molecule has 0 aromatic rings. The number of carbonyl (C=O) groups excluding carboxylic acids is 2. The first-order valence-corrected chi connectivity index (χ1v) is 3.87. The summed E-state index contributed by atoms with van der Waals surface area (Å²) in [6.45, 7) is 0. The summed E-state index contributed by atoms with van der Waals surface area (Å²) in [5.74, 6) is -6.89. The van der Waals surface area contributed by atoms with Gasteiger partial charge in [-0.3, -0.25) is 4.79 Å². The van der Waals surface area contributed by atoms with Gasteiger partial charge in [0, 0.05) is 12.4 Å². The molecule has 0 saturated carbocycles. The van der Waals surface area contributed by atoms with Crippen LogP contribution < -0.4 is 40.4 Å². The molecule has 0 aliphatic carbocycles. The van der Waals surface area contributed by atoms with Gasteiger partial charge in [-0.15, -0.1) is 0 Å². The second kappa shape index (κ2) is 8.01. The number of carboxylic acids is 3. The molecular formula is C7H8NNaO8. The fourth-order valence-corrected chi connectivity index (χ4v) is 0.673. The topological polar surface area (TPSA) is 167 Å². The van der Waals surface area contributed by atoms with Gasteiger partial charge in [0.25, 0.3) is 6.10 Å². The summed E-state index contributed by atoms with van der Waals surface area (Å²) in [6.07, 6.45) is -3.31. The van der Waals surface area contributed by atoms with Crippen molar-refractivity contribution in [3.8, 4) is 0 Å². The summed E-state index contributed by atoms with van der Waals surface area (Å²) in [7, 11) is 0. The van der Waals surface area contributed by atoms with E-state index in [2.05, 4.69) is 4.74 Å². The molecule has 0 rings (SSSR count). The number of carbonyl (C=O) groups is 4. The van der Waals surface area contributed by atoms with Gasteiger partial charge in [0.2, 0.25) is 0 Å². The van der Waals surface area contributed by atoms with Crippen LogP contribution in [0.4, 0.5) is 0 Å². The van der Waals surface area contributed by atoms with Crippen LogP contribution in [0.15, 0.2) is 0 Å². The minimum absolute atomic E-state index is 0. The second-order valence-electron chi connectivity index (χ2n) is 2.68. The summed E-state index contributed by atoms with van der Waals surface area (Å²) in [4.78, 5) is 41.6. The Morgan fingerprint density at radius 2 is 1.59 bits per heavy atom. The number of hydrogen-bond acceptors (Lipinski definition) is 7. The molecule has 0 aromatic heterocycles. The minimum Gasteiger partial charge on any atom is -0.550 e. The van der Waals surface area contributed by atoms with Crippen LogP contribution in [0.2, 0.25) is 0 Å². The summed E-state index contributed by atoms with van der Waals surface area (Å²) in [5.41, 5.74) is 4.99. The molecule has 0 amide bonds. The van der Waals surface area contributed by atoms with E-state index in [1.54, 1.807) is 0 Å². The molecule has 0 aliphatic rings. The third-order valence-corrected chi connectivity index (χ3v) is 1.37. The van der Waals surface area contributed by atoms with E-state index >= 15 is 0 Å². The molecule has 0 heterocycles. The van der Waals surface area contributed by atoms with Gasteiger partial charge in [-0.2, -0.15) is 0 Å². The average Bonchev–Trinajstić information content (AvgIpc) is 2.11. The fourth-order valence-electron chi connectivity index (χ4n) is 0.673. The Bertz CT molecular complexity index is 316. The molecule has 9 nitrogen and oxygen atoms in total. The zero-order valence-corrected chi connectivity index (χ0v) is 10.8. The maximum atomic E-state index is 10.9. The fraction of sp³-hybridized carbons (Fsp3) is 0.429. The molecule has 0 radical (unpaired) electrons. The monoisotopic (exact) mass is 257 g/mol. The van der Waals surface area contributed by atoms with Crippen molar-refractivity contribution in [3.63, 3.8) is 0 Å². The molecule has 0 aliphatic heterocycles. The van der Waals surface area contributed by atoms with Gasteiger partial charge in [0.15, 0.2) is 0 Å². The Morgan fingerprint density at radius 3 is 1.88 bits per heavy atom. The van der Waals surface area contributed by atoms with Crippen molar-refractivity contribution in [2.75, 3.05) is 0 Å². The molecule has 0 fully saturated rings. The maximum Gasteiger partial charge on any atom is 1.00 e. The van der Waals surface area contributed by atoms with E-state index in [1.165, 1.54) is 0 Å². The van der Waals surface area contributed by atoms with E-state index in [-0.39, 0.29) is 29.6 Å². The summed E-state index contributed by atoms with van der Waals surface area (Å²) < 4.78 is 3.98. The number of ether oxygens (including phenoxy) is 1. The van der Waals surface area contributed by atoms with Crippen molar-refractivity contribution in [1.29, 1.82) is 0 Å². The van der Waals surface area contributed by atoms with Crippen LogP contribution in [0, 0.1) is 0 Å². The SMILES string of the molecule is NC(CC(=O)[O-])C(=O)OC(C(=O)O)C(=O)O.[Na+]. The van der Waals surface area contributed by atoms with Crippen LogP contribution in [0.25, 0.3) is 0 Å². The smallest absolute Gasteiger partial charge is 0.550 e. The van der Waals surface area contributed by atoms with Gasteiger partial charge < -0.3 is 30.6 Å². The minimum atomic E-state index is -2.42. The Kier molecular flexibility index (Phi) is 8.58. The van der Waals surface area contributed by atoms with Crippen molar-refractivity contribution in [3.05, 3.63) is 0 Å². The quantitative estimate of drug-likeness (QED) is 0.238. The Balaban J connectivity index is 0. The Morgan fingerprint density at radius 1 is 1.18 bits per heavy atom. The van der Waals surface area contributed by atoms with E-state index in [0.717, 1.165) is 0 Å². The third-order valence-electron chi connectivity index (χ3n) is 1.37. The summed E-state index contributed by atoms with van der Waals surface area (Å²) in [6, 6.07) is -1.67. The van der Waals surface area contributed by atoms with Crippen LogP contribution in [-0.4, -0.2) is 46.2 Å². The van der Waals surface area contributed by atoms with Gasteiger partial charge in [-0.1, -0.05) is 0 Å². The predicted molar refractivity (Wildman–Crippen MR) is 42.8 cm³/mol. The molecule has 4 N–H and O–H groups in total. The number of carboxylic acid groups (broad SMARTS) is 3. The first-order valence-electron chi connectivity index (χ1n) is 3.87. The summed E-state index contributed by atoms with van der Waals surface area (Å²) in [5, 5.41) is 26.7. The first-order chi connectivity index (χ1) is 7.25. The third kappa shape index (κ3) is 6.89. The molecule has 0 bridgehead atoms. The van der Waals surface area contributed by atoms with Crippen LogP contribution in [-0.2, 0) is 23.9 Å². The molecule has 10 heteroatoms. The van der Waals surface area contributed by atoms with Crippen molar-refractivity contribution < 1.29 is 68.8 Å². The van der Waals surface area contributed by atoms with E-state index in [9.17, 15) is 24.3 Å². The zero-order valence-electron chi connectivity index (χ0n) is 8.78. The normalized spacial score (nSPS) is 11.2. The Hall–Kier alpha value is -1.16. The molecule has 1 unspecified atom stereocenters. The molecule has 1 atom stereocenters. The number of esters is 1. The molecule has 17 heavy (non-hydrogen) atoms. The van der Waals surface area contributed by atoms with E-state index < -0.39 is 42.4 Å². The van der Waals surface area contributed by atoms with Crippen LogP contribution in [0.5, 0.6) is 0 Å². The van der Waals surface area contributed by atoms with Crippen molar-refractivity contribution in [2.45, 2.75) is 18.6 Å². The Labute approximate surface area is 117 Å². The van der Waals surface area contributed by atoms with E-state index in [4.69, 9.17) is 15.9 Å². The number of nitrogens with two attached hydrogens (primary N) is 1. The van der Waals surface area contributed by atoms with Crippen LogP contribution in [0.3, 0.4) is 0 Å². The van der Waals surface area contributed by atoms with Gasteiger partial charge in [-0.05, 0) is 0 Å². The standard InChI is InChI=1S/C7H9NO8.Na/c8-2(1-3(9)10)7(15)16-4(5(11)12)6(13)14;/h2,4H,1,8H2,(H,9,10)(H,11,12)(H,13,14);/q;+1/p-1. The first kappa shape index (κ1) is 18.2. The largest absolute Gasteiger partial charge is 1.00 e. The zero-order chi connectivity index (χ0) is 12.9. The number of rotatable bonds is 6. The maximum absolute atomic E-state index is 10.9. The van der Waals surface area contributed by atoms with Crippen molar-refractivity contribution in [1.82, 2.24) is 0 Å². The van der Waals surface area contributed by atoms with E-state index in [0.29, 0.717) is 0 Å². The van der Waals surface area contributed by atoms with Crippen molar-refractivity contribution in [2.24, 2.45) is 5.73 Å². The van der Waals surface area contributed by atoms with E-state index in [1.807, 2.05) is 0 Å². The summed E-state index contributed by atoms with van der Waals surface area (Å²) >= 11 is 0. The number of hydrogen-bond donors (Lipinski definition) is 3. The second-order valence-corrected chi connectivity index (χ2v) is 2.68. The van der Waals surface area contributed by atoms with Gasteiger partial charge >= 0.3 is 47.5 Å². The average molecular weight is 257 g/mol. The van der Waals surface area contributed by atoms with Gasteiger partial charge in [0.05, 0.1) is 0 Å².